The van der Waals surface area contributed by atoms with Gasteiger partial charge >= 0.3 is 6.09 Å². The maximum absolute atomic E-state index is 15.6. The molecule has 2 atom stereocenters. The van der Waals surface area contributed by atoms with Gasteiger partial charge in [0.15, 0.2) is 0 Å². The number of nitrogens with zero attached hydrogens (tertiary/aromatic N) is 5. The highest BCUT2D eigenvalue weighted by molar-refractivity contribution is 7.92. The Balaban J connectivity index is 1.30. The number of likely N-dealkylation sites (tertiary alicyclic amines) is 1. The third kappa shape index (κ3) is 7.70. The average Bonchev–Trinajstić information content (AvgIpc) is 3.57. The Morgan fingerprint density at radius 2 is 1.86 bits per heavy atom. The lowest BCUT2D eigenvalue weighted by Gasteiger charge is -2.34. The van der Waals surface area contributed by atoms with E-state index in [1.165, 1.54) is 6.07 Å². The molecule has 0 aliphatic carbocycles. The predicted molar refractivity (Wildman–Crippen MR) is 185 cm³/mol. The van der Waals surface area contributed by atoms with Gasteiger partial charge in [-0.05, 0) is 89.3 Å². The van der Waals surface area contributed by atoms with Crippen LogP contribution in [0.3, 0.4) is 0 Å². The van der Waals surface area contributed by atoms with Gasteiger partial charge in [0.2, 0.25) is 21.9 Å². The second-order valence-corrected chi connectivity index (χ2v) is 15.2. The molecule has 0 bridgehead atoms. The van der Waals surface area contributed by atoms with Gasteiger partial charge in [0.25, 0.3) is 0 Å². The van der Waals surface area contributed by atoms with Crippen LogP contribution in [0, 0.1) is 12.7 Å². The number of nitrogens with one attached hydrogen (secondary N) is 1. The van der Waals surface area contributed by atoms with E-state index >= 15 is 4.39 Å². The van der Waals surface area contributed by atoms with E-state index < -0.39 is 27.7 Å². The van der Waals surface area contributed by atoms with Crippen molar-refractivity contribution in [3.63, 3.8) is 0 Å². The van der Waals surface area contributed by atoms with Crippen LogP contribution in [0.5, 0.6) is 11.6 Å². The van der Waals surface area contributed by atoms with E-state index in [2.05, 4.69) is 15.3 Å². The van der Waals surface area contributed by atoms with Crippen LogP contribution < -0.4 is 14.4 Å². The fourth-order valence-electron chi connectivity index (χ4n) is 6.18. The average molecular weight is 693 g/mol. The minimum atomic E-state index is -3.90. The Morgan fingerprint density at radius 3 is 2.59 bits per heavy atom. The van der Waals surface area contributed by atoms with Crippen molar-refractivity contribution in [2.75, 3.05) is 35.6 Å². The van der Waals surface area contributed by atoms with Crippen LogP contribution in [0.4, 0.5) is 20.8 Å². The van der Waals surface area contributed by atoms with Crippen molar-refractivity contribution in [2.45, 2.75) is 71.2 Å². The Hall–Kier alpha value is -4.56. The number of aryl methyl sites for hydroxylation is 1. The number of hydrogen-bond donors (Lipinski definition) is 1. The summed E-state index contributed by atoms with van der Waals surface area (Å²) in [6.07, 6.45) is 5.90. The zero-order valence-electron chi connectivity index (χ0n) is 28.3. The zero-order valence-corrected chi connectivity index (χ0v) is 29.1. The molecule has 14 heteroatoms. The van der Waals surface area contributed by atoms with Crippen LogP contribution in [-0.4, -0.2) is 78.2 Å². The lowest BCUT2D eigenvalue weighted by Crippen LogP contribution is -2.47. The highest BCUT2D eigenvalue weighted by Gasteiger charge is 2.34. The fraction of sp³-hybridized carbons (Fsp3) is 0.429. The number of halogens is 1. The van der Waals surface area contributed by atoms with Gasteiger partial charge in [-0.3, -0.25) is 0 Å². The number of carbonyl (C=O) groups excluding carboxylic acids is 1. The van der Waals surface area contributed by atoms with Crippen LogP contribution >= 0.6 is 0 Å². The molecule has 260 valence electrons. The number of anilines is 2. The van der Waals surface area contributed by atoms with Gasteiger partial charge in [-0.15, -0.1) is 0 Å². The topological polar surface area (TPSA) is 136 Å². The molecule has 1 N–H and O–H groups in total. The summed E-state index contributed by atoms with van der Waals surface area (Å²) >= 11 is 0. The monoisotopic (exact) mass is 692 g/mol. The number of aromatic nitrogens is 3. The van der Waals surface area contributed by atoms with E-state index in [0.717, 1.165) is 29.0 Å². The molecule has 2 aliphatic heterocycles. The number of amides is 1. The summed E-state index contributed by atoms with van der Waals surface area (Å²) in [7, 11) is -3.90. The van der Waals surface area contributed by atoms with Gasteiger partial charge < -0.3 is 24.4 Å². The van der Waals surface area contributed by atoms with Crippen LogP contribution in [-0.2, 0) is 19.5 Å². The third-order valence-electron chi connectivity index (χ3n) is 8.32. The molecule has 2 saturated heterocycles. The molecule has 2 fully saturated rings. The standard InChI is InChI=1S/C35H41FN6O6S/c1-22-12-13-24-25(14-15-27(36)30(24)42(49(5,44)45)29-11-8-20-46-29)31(22)47-32-26(10-6-17-37-32)28-16-18-38-33(40-28)39-23-9-7-19-41(21-23)34(43)48-35(2,3)4/h6,10,12-18,23,29H,7-9,11,19-21H2,1-5H3,(H,38,39,40)/t23-,29?/m0/s1. The molecule has 2 aromatic carbocycles. The first kappa shape index (κ1) is 34.3. The quantitative estimate of drug-likeness (QED) is 0.214. The van der Waals surface area contributed by atoms with E-state index in [0.29, 0.717) is 66.3 Å². The van der Waals surface area contributed by atoms with E-state index in [1.807, 2.05) is 33.8 Å². The molecule has 6 rings (SSSR count). The molecule has 1 unspecified atom stereocenters. The number of hydrogen-bond acceptors (Lipinski definition) is 10. The zero-order chi connectivity index (χ0) is 34.9. The van der Waals surface area contributed by atoms with Gasteiger partial charge in [0.05, 0.1) is 23.2 Å². The molecule has 2 aliphatic rings. The van der Waals surface area contributed by atoms with Crippen LogP contribution in [0.15, 0.2) is 54.9 Å². The van der Waals surface area contributed by atoms with Gasteiger partial charge in [-0.2, -0.15) is 0 Å². The van der Waals surface area contributed by atoms with Gasteiger partial charge in [-0.25, -0.2) is 36.9 Å². The lowest BCUT2D eigenvalue weighted by molar-refractivity contribution is 0.0206. The van der Waals surface area contributed by atoms with E-state index in [9.17, 15) is 13.2 Å². The maximum Gasteiger partial charge on any atom is 0.410 e. The SMILES string of the molecule is Cc1ccc2c(N(C3CCCO3)S(C)(=O)=O)c(F)ccc2c1Oc1ncccc1-c1ccnc(N[C@H]2CCCN(C(=O)OC(C)(C)C)C2)n1. The van der Waals surface area contributed by atoms with E-state index in [-0.39, 0.29) is 23.7 Å². The number of benzene rings is 2. The normalized spacial score (nSPS) is 18.4. The molecular weight excluding hydrogens is 651 g/mol. The number of carbonyl (C=O) groups is 1. The van der Waals surface area contributed by atoms with Crippen molar-refractivity contribution in [3.8, 4) is 22.9 Å². The van der Waals surface area contributed by atoms with Crippen LogP contribution in [0.1, 0.15) is 52.0 Å². The molecule has 4 heterocycles. The van der Waals surface area contributed by atoms with Crippen molar-refractivity contribution in [2.24, 2.45) is 0 Å². The first-order valence-corrected chi connectivity index (χ1v) is 18.2. The Morgan fingerprint density at radius 1 is 1.06 bits per heavy atom. The molecule has 0 radical (unpaired) electrons. The predicted octanol–water partition coefficient (Wildman–Crippen LogP) is 6.65. The number of ether oxygens (including phenoxy) is 3. The van der Waals surface area contributed by atoms with Crippen LogP contribution in [0.2, 0.25) is 0 Å². The molecule has 2 aromatic heterocycles. The largest absolute Gasteiger partial charge is 0.444 e. The summed E-state index contributed by atoms with van der Waals surface area (Å²) in [5.74, 6) is 0.354. The minimum absolute atomic E-state index is 0.0739. The van der Waals surface area contributed by atoms with Crippen molar-refractivity contribution in [3.05, 3.63) is 66.2 Å². The Labute approximate surface area is 285 Å². The van der Waals surface area contributed by atoms with E-state index in [4.69, 9.17) is 19.2 Å². The number of rotatable bonds is 8. The molecular formula is C35H41FN6O6S. The summed E-state index contributed by atoms with van der Waals surface area (Å²) < 4.78 is 60.4. The summed E-state index contributed by atoms with van der Waals surface area (Å²) in [6, 6.07) is 11.5. The summed E-state index contributed by atoms with van der Waals surface area (Å²) in [5, 5.41) is 4.24. The molecule has 0 spiro atoms. The lowest BCUT2D eigenvalue weighted by atomic mass is 10.0. The van der Waals surface area contributed by atoms with Gasteiger partial charge in [0.1, 0.15) is 23.4 Å². The van der Waals surface area contributed by atoms with Crippen molar-refractivity contribution < 1.29 is 31.8 Å². The van der Waals surface area contributed by atoms with Gasteiger partial charge in [-0.1, -0.05) is 12.1 Å². The summed E-state index contributed by atoms with van der Waals surface area (Å²) in [6.45, 7) is 8.86. The van der Waals surface area contributed by atoms with Gasteiger partial charge in [0, 0.05) is 48.9 Å². The fourth-order valence-corrected chi connectivity index (χ4v) is 7.30. The number of fused-ring (bicyclic) bond motifs is 1. The van der Waals surface area contributed by atoms with Crippen molar-refractivity contribution in [1.29, 1.82) is 0 Å². The highest BCUT2D eigenvalue weighted by atomic mass is 32.2. The second-order valence-electron chi connectivity index (χ2n) is 13.4. The number of piperidine rings is 1. The Bertz CT molecular complexity index is 1960. The summed E-state index contributed by atoms with van der Waals surface area (Å²) in [5.41, 5.74) is 1.20. The van der Waals surface area contributed by atoms with E-state index in [1.54, 1.807) is 47.6 Å². The summed E-state index contributed by atoms with van der Waals surface area (Å²) in [4.78, 5) is 28.1. The maximum atomic E-state index is 15.6. The molecule has 12 nitrogen and oxygen atoms in total. The minimum Gasteiger partial charge on any atom is -0.444 e. The first-order valence-electron chi connectivity index (χ1n) is 16.3. The Kier molecular flexibility index (Phi) is 9.63. The molecule has 4 aromatic rings. The van der Waals surface area contributed by atoms with Crippen LogP contribution in [0.25, 0.3) is 22.0 Å². The first-order chi connectivity index (χ1) is 23.3. The van der Waals surface area contributed by atoms with Crippen molar-refractivity contribution in [1.82, 2.24) is 19.9 Å². The number of pyridine rings is 1. The number of sulfonamides is 1. The van der Waals surface area contributed by atoms with Crippen molar-refractivity contribution >= 4 is 38.5 Å². The third-order valence-corrected chi connectivity index (χ3v) is 9.46. The molecule has 0 saturated carbocycles. The molecule has 49 heavy (non-hydrogen) atoms. The second kappa shape index (κ2) is 13.7. The smallest absolute Gasteiger partial charge is 0.410 e. The molecule has 1 amide bonds. The highest BCUT2D eigenvalue weighted by Crippen LogP contribution is 2.42.